The van der Waals surface area contributed by atoms with Crippen LogP contribution in [0.25, 0.3) is 11.1 Å². The Balaban J connectivity index is 0.000000282. The lowest BCUT2D eigenvalue weighted by atomic mass is 9.98. The molecule has 0 radical (unpaired) electrons. The standard InChI is InChI=1S/C19H27N3O7.C15H13NO2/c1-3-10-20-19(26)29-13(2)15-11-14(8-9-16(15)22(27)28)12-21-17(23)6-4-5-7-18(24)25;16-15(17)18-9-14-12-7-3-1-5-10(12)11-6-2-4-8-13(11)14/h8-9,11,13H,3-7,10,12H2,1-2H3,(H,20,26)(H,21,23)(H,24,25);1-8,14H,9H2,(H2,16,17). The van der Waals surface area contributed by atoms with E-state index < -0.39 is 29.2 Å². The van der Waals surface area contributed by atoms with Gasteiger partial charge in [0.15, 0.2) is 0 Å². The fourth-order valence-corrected chi connectivity index (χ4v) is 5.15. The maximum Gasteiger partial charge on any atom is 0.407 e. The van der Waals surface area contributed by atoms with Gasteiger partial charge in [-0.15, -0.1) is 0 Å². The fourth-order valence-electron chi connectivity index (χ4n) is 5.15. The highest BCUT2D eigenvalue weighted by atomic mass is 16.6. The number of carboxylic acids is 1. The Bertz CT molecular complexity index is 1530. The van der Waals surface area contributed by atoms with Crippen LogP contribution in [0.2, 0.25) is 0 Å². The summed E-state index contributed by atoms with van der Waals surface area (Å²) in [5.74, 6) is -1.05. The monoisotopic (exact) mass is 648 g/mol. The highest BCUT2D eigenvalue weighted by Gasteiger charge is 2.28. The van der Waals surface area contributed by atoms with Crippen LogP contribution in [0.5, 0.6) is 0 Å². The number of aliphatic carboxylic acids is 1. The number of carboxylic acid groups (broad SMARTS) is 1. The molecular formula is C34H40N4O9. The smallest absolute Gasteiger partial charge is 0.407 e. The number of nitrogens with zero attached hydrogens (tertiary/aromatic N) is 1. The molecule has 47 heavy (non-hydrogen) atoms. The molecule has 0 spiro atoms. The summed E-state index contributed by atoms with van der Waals surface area (Å²) in [6.07, 6.45) is -0.410. The number of amides is 3. The average molecular weight is 649 g/mol. The molecule has 13 nitrogen and oxygen atoms in total. The Hall–Kier alpha value is -5.46. The van der Waals surface area contributed by atoms with E-state index >= 15 is 0 Å². The second-order valence-corrected chi connectivity index (χ2v) is 10.9. The van der Waals surface area contributed by atoms with E-state index in [1.54, 1.807) is 6.92 Å². The zero-order valence-corrected chi connectivity index (χ0v) is 26.4. The maximum atomic E-state index is 11.9. The van der Waals surface area contributed by atoms with Crippen molar-refractivity contribution in [3.63, 3.8) is 0 Å². The van der Waals surface area contributed by atoms with Crippen molar-refractivity contribution in [2.75, 3.05) is 13.2 Å². The number of rotatable bonds is 14. The van der Waals surface area contributed by atoms with Gasteiger partial charge in [0.1, 0.15) is 12.7 Å². The molecule has 0 aliphatic heterocycles. The molecule has 3 aromatic rings. The van der Waals surface area contributed by atoms with E-state index in [1.165, 1.54) is 40.5 Å². The molecule has 3 aromatic carbocycles. The number of unbranched alkanes of at least 4 members (excludes halogenated alkanes) is 1. The second-order valence-electron chi connectivity index (χ2n) is 10.9. The van der Waals surface area contributed by atoms with Crippen molar-refractivity contribution in [3.05, 3.63) is 99.1 Å². The third kappa shape index (κ3) is 10.8. The molecule has 1 aliphatic carbocycles. The molecule has 0 saturated heterocycles. The number of nitro groups is 1. The van der Waals surface area contributed by atoms with Crippen LogP contribution in [0.3, 0.4) is 0 Å². The average Bonchev–Trinajstić information content (AvgIpc) is 3.37. The third-order valence-electron chi connectivity index (χ3n) is 7.42. The summed E-state index contributed by atoms with van der Waals surface area (Å²) in [4.78, 5) is 55.6. The minimum absolute atomic E-state index is 0.0166. The maximum absolute atomic E-state index is 11.9. The van der Waals surface area contributed by atoms with Crippen molar-refractivity contribution in [1.82, 2.24) is 10.6 Å². The number of hydrogen-bond acceptors (Lipinski definition) is 8. The molecule has 1 unspecified atom stereocenters. The molecule has 250 valence electrons. The second kappa shape index (κ2) is 17.9. The first-order valence-corrected chi connectivity index (χ1v) is 15.3. The Kier molecular flexibility index (Phi) is 13.7. The summed E-state index contributed by atoms with van der Waals surface area (Å²) in [7, 11) is 0. The highest BCUT2D eigenvalue weighted by molar-refractivity contribution is 5.79. The number of nitrogens with two attached hydrogens (primary N) is 1. The molecule has 1 atom stereocenters. The zero-order valence-electron chi connectivity index (χ0n) is 26.4. The van der Waals surface area contributed by atoms with Crippen LogP contribution in [-0.4, -0.2) is 47.2 Å². The van der Waals surface area contributed by atoms with E-state index in [0.717, 1.165) is 6.42 Å². The summed E-state index contributed by atoms with van der Waals surface area (Å²) in [5.41, 5.74) is 10.5. The summed E-state index contributed by atoms with van der Waals surface area (Å²) < 4.78 is 10.2. The van der Waals surface area contributed by atoms with Crippen LogP contribution in [0.4, 0.5) is 15.3 Å². The predicted molar refractivity (Wildman–Crippen MR) is 173 cm³/mol. The van der Waals surface area contributed by atoms with Gasteiger partial charge in [-0.25, -0.2) is 9.59 Å². The van der Waals surface area contributed by atoms with Gasteiger partial charge in [0.05, 0.1) is 10.5 Å². The zero-order chi connectivity index (χ0) is 34.3. The minimum Gasteiger partial charge on any atom is -0.481 e. The largest absolute Gasteiger partial charge is 0.481 e. The summed E-state index contributed by atoms with van der Waals surface area (Å²) >= 11 is 0. The van der Waals surface area contributed by atoms with Gasteiger partial charge in [-0.3, -0.25) is 19.7 Å². The number of benzene rings is 3. The van der Waals surface area contributed by atoms with Crippen LogP contribution in [0.1, 0.15) is 80.2 Å². The van der Waals surface area contributed by atoms with Crippen molar-refractivity contribution >= 4 is 29.8 Å². The minimum atomic E-state index is -0.900. The number of nitrogens with one attached hydrogen (secondary N) is 2. The first kappa shape index (κ1) is 36.0. The van der Waals surface area contributed by atoms with E-state index in [1.807, 2.05) is 31.2 Å². The Morgan fingerprint density at radius 2 is 1.57 bits per heavy atom. The lowest BCUT2D eigenvalue weighted by Gasteiger charge is -2.15. The van der Waals surface area contributed by atoms with Gasteiger partial charge in [-0.2, -0.15) is 0 Å². The van der Waals surface area contributed by atoms with E-state index in [0.29, 0.717) is 31.6 Å². The molecule has 4 rings (SSSR count). The number of alkyl carbamates (subject to hydrolysis) is 1. The molecule has 13 heteroatoms. The van der Waals surface area contributed by atoms with Crippen LogP contribution in [0, 0.1) is 10.1 Å². The van der Waals surface area contributed by atoms with E-state index in [2.05, 4.69) is 34.9 Å². The van der Waals surface area contributed by atoms with Crippen LogP contribution >= 0.6 is 0 Å². The number of carbonyl (C=O) groups excluding carboxylic acids is 3. The van der Waals surface area contributed by atoms with Gasteiger partial charge in [-0.05, 0) is 60.1 Å². The summed E-state index contributed by atoms with van der Waals surface area (Å²) in [6.45, 7) is 4.31. The Morgan fingerprint density at radius 3 is 2.15 bits per heavy atom. The van der Waals surface area contributed by atoms with Crippen molar-refractivity contribution in [3.8, 4) is 11.1 Å². The van der Waals surface area contributed by atoms with Crippen molar-refractivity contribution < 1.29 is 38.7 Å². The number of hydrogen-bond donors (Lipinski definition) is 4. The lowest BCUT2D eigenvalue weighted by Crippen LogP contribution is -2.26. The Morgan fingerprint density at radius 1 is 0.957 bits per heavy atom. The SMILES string of the molecule is CCCNC(=O)OC(C)c1cc(CNC(=O)CCCCC(=O)O)ccc1[N+](=O)[O-].NC(=O)OCC1c2ccccc2-c2ccccc21. The number of nitro benzene ring substituents is 1. The predicted octanol–water partition coefficient (Wildman–Crippen LogP) is 5.95. The van der Waals surface area contributed by atoms with Crippen molar-refractivity contribution in [1.29, 1.82) is 0 Å². The molecule has 5 N–H and O–H groups in total. The number of primary amides is 1. The van der Waals surface area contributed by atoms with Gasteiger partial charge >= 0.3 is 18.2 Å². The molecule has 0 saturated carbocycles. The van der Waals surface area contributed by atoms with Crippen LogP contribution in [-0.2, 0) is 25.6 Å². The lowest BCUT2D eigenvalue weighted by molar-refractivity contribution is -0.386. The van der Waals surface area contributed by atoms with E-state index in [9.17, 15) is 29.3 Å². The molecule has 3 amide bonds. The van der Waals surface area contributed by atoms with Gasteiger partial charge in [0.2, 0.25) is 5.91 Å². The highest BCUT2D eigenvalue weighted by Crippen LogP contribution is 2.44. The number of ether oxygens (including phenoxy) is 2. The first-order valence-electron chi connectivity index (χ1n) is 15.3. The van der Waals surface area contributed by atoms with Gasteiger partial charge in [-0.1, -0.05) is 61.5 Å². The normalized spacial score (nSPS) is 12.0. The molecule has 1 aliphatic rings. The molecule has 0 aromatic heterocycles. The molecule has 0 bridgehead atoms. The summed E-state index contributed by atoms with van der Waals surface area (Å²) in [6, 6.07) is 20.7. The van der Waals surface area contributed by atoms with Crippen LogP contribution in [0.15, 0.2) is 66.7 Å². The third-order valence-corrected chi connectivity index (χ3v) is 7.42. The summed E-state index contributed by atoms with van der Waals surface area (Å²) in [5, 5.41) is 25.1. The van der Waals surface area contributed by atoms with Gasteiger partial charge < -0.3 is 30.9 Å². The van der Waals surface area contributed by atoms with Crippen molar-refractivity contribution in [2.24, 2.45) is 5.73 Å². The quantitative estimate of drug-likeness (QED) is 0.0926. The first-order chi connectivity index (χ1) is 22.5. The van der Waals surface area contributed by atoms with Crippen molar-refractivity contribution in [2.45, 2.75) is 64.5 Å². The van der Waals surface area contributed by atoms with Gasteiger partial charge in [0, 0.05) is 37.9 Å². The molecular weight excluding hydrogens is 608 g/mol. The Labute approximate surface area is 272 Å². The van der Waals surface area contributed by atoms with E-state index in [4.69, 9.17) is 20.3 Å². The van der Waals surface area contributed by atoms with Gasteiger partial charge in [0.25, 0.3) is 5.69 Å². The molecule has 0 heterocycles. The van der Waals surface area contributed by atoms with Crippen LogP contribution < -0.4 is 16.4 Å². The number of fused-ring (bicyclic) bond motifs is 3. The number of carbonyl (C=O) groups is 4. The topological polar surface area (TPSA) is 200 Å². The fraction of sp³-hybridized carbons (Fsp3) is 0.353. The van der Waals surface area contributed by atoms with E-state index in [-0.39, 0.29) is 42.5 Å². The molecule has 0 fully saturated rings.